The first-order valence-electron chi connectivity index (χ1n) is 4.88. The Morgan fingerprint density at radius 2 is 2.12 bits per heavy atom. The summed E-state index contributed by atoms with van der Waals surface area (Å²) in [5.41, 5.74) is 0. The molecule has 0 radical (unpaired) electrons. The number of para-hydroxylation sites is 1. The molecule has 5 nitrogen and oxygen atoms in total. The van der Waals surface area contributed by atoms with Gasteiger partial charge in [0.15, 0.2) is 6.61 Å². The highest BCUT2D eigenvalue weighted by Gasteiger charge is 2.09. The molecular weight excluding hydrogens is 246 g/mol. The Morgan fingerprint density at radius 3 is 2.71 bits per heavy atom. The number of hydrogen-bond donors (Lipinski definition) is 1. The number of carbonyl (C=O) groups excluding carboxylic acids is 2. The van der Waals surface area contributed by atoms with Crippen molar-refractivity contribution in [3.05, 3.63) is 29.3 Å². The average Bonchev–Trinajstić information content (AvgIpc) is 2.27. The monoisotopic (exact) mass is 256 g/mol. The standard InChI is InChI=1S/C11H12ClNO4/c1-7(11(15)16)13-10(14)6-17-9-5-3-2-4-8(9)12/h2-5,7H,6H2,1H3,(H,13,14)(H,15,16)/p-1/t7-/m1/s1. The molecule has 0 bridgehead atoms. The molecule has 0 spiro atoms. The van der Waals surface area contributed by atoms with E-state index in [2.05, 4.69) is 5.32 Å². The largest absolute Gasteiger partial charge is 0.548 e. The van der Waals surface area contributed by atoms with E-state index < -0.39 is 17.9 Å². The fourth-order valence-electron chi connectivity index (χ4n) is 1.05. The second kappa shape index (κ2) is 6.10. The summed E-state index contributed by atoms with van der Waals surface area (Å²) in [7, 11) is 0. The highest BCUT2D eigenvalue weighted by molar-refractivity contribution is 6.32. The molecule has 92 valence electrons. The van der Waals surface area contributed by atoms with Gasteiger partial charge in [-0.05, 0) is 19.1 Å². The van der Waals surface area contributed by atoms with Crippen LogP contribution in [-0.4, -0.2) is 24.5 Å². The maximum atomic E-state index is 11.3. The number of halogens is 1. The molecule has 0 unspecified atom stereocenters. The SMILES string of the molecule is C[C@@H](NC(=O)COc1ccccc1Cl)C(=O)[O-]. The molecule has 17 heavy (non-hydrogen) atoms. The van der Waals surface area contributed by atoms with Crippen molar-refractivity contribution >= 4 is 23.5 Å². The molecule has 1 atom stereocenters. The molecule has 0 saturated carbocycles. The first kappa shape index (κ1) is 13.3. The van der Waals surface area contributed by atoms with E-state index >= 15 is 0 Å². The molecule has 0 aliphatic heterocycles. The topological polar surface area (TPSA) is 78.5 Å². The number of aliphatic carboxylic acids is 1. The van der Waals surface area contributed by atoms with E-state index in [0.29, 0.717) is 10.8 Å². The molecule has 0 aliphatic rings. The maximum absolute atomic E-state index is 11.3. The second-order valence-corrected chi connectivity index (χ2v) is 3.73. The highest BCUT2D eigenvalue weighted by Crippen LogP contribution is 2.22. The van der Waals surface area contributed by atoms with Gasteiger partial charge in [0.2, 0.25) is 0 Å². The van der Waals surface area contributed by atoms with Crippen LogP contribution in [0.1, 0.15) is 6.92 Å². The first-order valence-corrected chi connectivity index (χ1v) is 5.26. The van der Waals surface area contributed by atoms with Crippen molar-refractivity contribution < 1.29 is 19.4 Å². The van der Waals surface area contributed by atoms with Crippen molar-refractivity contribution in [1.29, 1.82) is 0 Å². The van der Waals surface area contributed by atoms with Crippen LogP contribution < -0.4 is 15.2 Å². The van der Waals surface area contributed by atoms with Crippen LogP contribution in [0, 0.1) is 0 Å². The molecule has 0 aromatic heterocycles. The van der Waals surface area contributed by atoms with Crippen molar-refractivity contribution in [3.63, 3.8) is 0 Å². The fraction of sp³-hybridized carbons (Fsp3) is 0.273. The van der Waals surface area contributed by atoms with Crippen molar-refractivity contribution in [2.45, 2.75) is 13.0 Å². The third-order valence-corrected chi connectivity index (χ3v) is 2.24. The smallest absolute Gasteiger partial charge is 0.258 e. The predicted molar refractivity (Wildman–Crippen MR) is 59.6 cm³/mol. The van der Waals surface area contributed by atoms with E-state index in [1.165, 1.54) is 6.92 Å². The second-order valence-electron chi connectivity index (χ2n) is 3.33. The first-order chi connectivity index (χ1) is 8.00. The van der Waals surface area contributed by atoms with Crippen molar-refractivity contribution in [2.75, 3.05) is 6.61 Å². The Bertz CT molecular complexity index is 422. The number of benzene rings is 1. The number of amides is 1. The zero-order chi connectivity index (χ0) is 12.8. The van der Waals surface area contributed by atoms with E-state index in [4.69, 9.17) is 16.3 Å². The van der Waals surface area contributed by atoms with Gasteiger partial charge in [-0.25, -0.2) is 0 Å². The third-order valence-electron chi connectivity index (χ3n) is 1.93. The van der Waals surface area contributed by atoms with Crippen LogP contribution in [-0.2, 0) is 9.59 Å². The van der Waals surface area contributed by atoms with Gasteiger partial charge in [0, 0.05) is 0 Å². The van der Waals surface area contributed by atoms with Crippen molar-refractivity contribution in [1.82, 2.24) is 5.32 Å². The van der Waals surface area contributed by atoms with E-state index in [1.54, 1.807) is 24.3 Å². The molecule has 0 saturated heterocycles. The summed E-state index contributed by atoms with van der Waals surface area (Å²) in [5, 5.41) is 13.0. The minimum absolute atomic E-state index is 0.304. The molecule has 0 aliphatic carbocycles. The van der Waals surface area contributed by atoms with Gasteiger partial charge in [-0.1, -0.05) is 23.7 Å². The molecule has 6 heteroatoms. The van der Waals surface area contributed by atoms with E-state index in [1.807, 2.05) is 0 Å². The molecule has 1 aromatic carbocycles. The Kier molecular flexibility index (Phi) is 4.78. The van der Waals surface area contributed by atoms with Gasteiger partial charge in [0.1, 0.15) is 5.75 Å². The molecule has 1 aromatic rings. The Labute approximate surface area is 103 Å². The quantitative estimate of drug-likeness (QED) is 0.803. The van der Waals surface area contributed by atoms with Gasteiger partial charge in [-0.2, -0.15) is 0 Å². The van der Waals surface area contributed by atoms with Crippen LogP contribution >= 0.6 is 11.6 Å². The van der Waals surface area contributed by atoms with E-state index in [-0.39, 0.29) is 6.61 Å². The molecule has 1 amide bonds. The van der Waals surface area contributed by atoms with Gasteiger partial charge >= 0.3 is 0 Å². The molecule has 1 N–H and O–H groups in total. The van der Waals surface area contributed by atoms with Crippen molar-refractivity contribution in [3.8, 4) is 5.75 Å². The van der Waals surface area contributed by atoms with Gasteiger partial charge < -0.3 is 20.0 Å². The number of hydrogen-bond acceptors (Lipinski definition) is 4. The summed E-state index contributed by atoms with van der Waals surface area (Å²) >= 11 is 5.80. The Hall–Kier alpha value is -1.75. The average molecular weight is 257 g/mol. The van der Waals surface area contributed by atoms with Gasteiger partial charge in [-0.15, -0.1) is 0 Å². The van der Waals surface area contributed by atoms with Gasteiger partial charge in [0.05, 0.1) is 17.0 Å². The summed E-state index contributed by atoms with van der Waals surface area (Å²) in [6, 6.07) is 5.62. The third kappa shape index (κ3) is 4.32. The number of carbonyl (C=O) groups is 2. The van der Waals surface area contributed by atoms with Gasteiger partial charge in [0.25, 0.3) is 5.91 Å². The molecule has 0 heterocycles. The molecule has 0 fully saturated rings. The minimum atomic E-state index is -1.35. The number of ether oxygens (including phenoxy) is 1. The number of carboxylic acid groups (broad SMARTS) is 1. The fourth-order valence-corrected chi connectivity index (χ4v) is 1.24. The van der Waals surface area contributed by atoms with Crippen LogP contribution in [0.25, 0.3) is 0 Å². The summed E-state index contributed by atoms with van der Waals surface area (Å²) in [5.74, 6) is -1.54. The lowest BCUT2D eigenvalue weighted by atomic mass is 10.3. The van der Waals surface area contributed by atoms with Crippen LogP contribution in [0.2, 0.25) is 5.02 Å². The number of carboxylic acids is 1. The van der Waals surface area contributed by atoms with E-state index in [0.717, 1.165) is 0 Å². The molecule has 1 rings (SSSR count). The summed E-state index contributed by atoms with van der Waals surface area (Å²) in [4.78, 5) is 21.6. The molecular formula is C11H11ClNO4-. The Morgan fingerprint density at radius 1 is 1.47 bits per heavy atom. The summed E-state index contributed by atoms with van der Waals surface area (Å²) in [6.45, 7) is 1.00. The summed E-state index contributed by atoms with van der Waals surface area (Å²) in [6.07, 6.45) is 0. The van der Waals surface area contributed by atoms with Crippen LogP contribution in [0.4, 0.5) is 0 Å². The normalized spacial score (nSPS) is 11.6. The summed E-state index contributed by atoms with van der Waals surface area (Å²) < 4.78 is 5.12. The van der Waals surface area contributed by atoms with Crippen LogP contribution in [0.15, 0.2) is 24.3 Å². The lowest BCUT2D eigenvalue weighted by Crippen LogP contribution is -2.47. The highest BCUT2D eigenvalue weighted by atomic mass is 35.5. The van der Waals surface area contributed by atoms with Crippen LogP contribution in [0.5, 0.6) is 5.75 Å². The Balaban J connectivity index is 2.44. The van der Waals surface area contributed by atoms with Crippen LogP contribution in [0.3, 0.4) is 0 Å². The van der Waals surface area contributed by atoms with Crippen molar-refractivity contribution in [2.24, 2.45) is 0 Å². The maximum Gasteiger partial charge on any atom is 0.258 e. The number of nitrogens with one attached hydrogen (secondary N) is 1. The predicted octanol–water partition coefficient (Wildman–Crippen LogP) is -0.0266. The van der Waals surface area contributed by atoms with E-state index in [9.17, 15) is 14.7 Å². The lowest BCUT2D eigenvalue weighted by Gasteiger charge is -2.15. The van der Waals surface area contributed by atoms with Gasteiger partial charge in [-0.3, -0.25) is 4.79 Å². The number of rotatable bonds is 5. The zero-order valence-electron chi connectivity index (χ0n) is 9.10. The zero-order valence-corrected chi connectivity index (χ0v) is 9.86. The lowest BCUT2D eigenvalue weighted by molar-refractivity contribution is -0.307. The minimum Gasteiger partial charge on any atom is -0.548 e.